The minimum Gasteiger partial charge on any atom is -0.491 e. The second-order valence-corrected chi connectivity index (χ2v) is 8.52. The van der Waals surface area contributed by atoms with E-state index in [2.05, 4.69) is 10.6 Å². The number of fused-ring (bicyclic) bond motifs is 1. The number of nitrogens with zero attached hydrogens (tertiary/aromatic N) is 1. The van der Waals surface area contributed by atoms with Gasteiger partial charge < -0.3 is 19.7 Å². The van der Waals surface area contributed by atoms with Gasteiger partial charge in [-0.2, -0.15) is 8.78 Å². The summed E-state index contributed by atoms with van der Waals surface area (Å²) in [4.78, 5) is 50.1. The summed E-state index contributed by atoms with van der Waals surface area (Å²) in [5, 5.41) is 4.49. The lowest BCUT2D eigenvalue weighted by molar-refractivity contribution is -0.147. The summed E-state index contributed by atoms with van der Waals surface area (Å²) in [6.45, 7) is 0.435. The van der Waals surface area contributed by atoms with Crippen molar-refractivity contribution < 1.29 is 37.4 Å². The third-order valence-corrected chi connectivity index (χ3v) is 6.08. The van der Waals surface area contributed by atoms with Gasteiger partial charge in [0.2, 0.25) is 11.8 Å². The second kappa shape index (κ2) is 10.4. The third-order valence-electron chi connectivity index (χ3n) is 6.08. The van der Waals surface area contributed by atoms with Crippen LogP contribution < -0.4 is 15.4 Å². The van der Waals surface area contributed by atoms with Crippen LogP contribution in [0.2, 0.25) is 0 Å². The number of piperidine rings is 1. The van der Waals surface area contributed by atoms with E-state index in [-0.39, 0.29) is 50.1 Å². The topological polar surface area (TPSA) is 114 Å². The average molecular weight is 501 g/mol. The summed E-state index contributed by atoms with van der Waals surface area (Å²) in [5.41, 5.74) is 1.02. The number of nitrogens with one attached hydrogen (secondary N) is 2. The first-order chi connectivity index (χ1) is 17.2. The molecule has 0 spiro atoms. The largest absolute Gasteiger partial charge is 0.491 e. The fourth-order valence-corrected chi connectivity index (χ4v) is 4.19. The molecule has 0 aromatic heterocycles. The molecule has 11 heteroatoms. The van der Waals surface area contributed by atoms with Crippen molar-refractivity contribution in [2.24, 2.45) is 0 Å². The predicted molar refractivity (Wildman–Crippen MR) is 122 cm³/mol. The van der Waals surface area contributed by atoms with Crippen molar-refractivity contribution in [3.8, 4) is 5.75 Å². The Labute approximate surface area is 205 Å². The van der Waals surface area contributed by atoms with Crippen molar-refractivity contribution in [1.29, 1.82) is 0 Å². The molecular formula is C25H25F2N3O6. The van der Waals surface area contributed by atoms with E-state index in [0.29, 0.717) is 23.3 Å². The van der Waals surface area contributed by atoms with Gasteiger partial charge in [0.05, 0.1) is 6.61 Å². The molecule has 0 aliphatic carbocycles. The number of hydrogen-bond acceptors (Lipinski definition) is 6. The number of rotatable bonds is 9. The van der Waals surface area contributed by atoms with Crippen LogP contribution in [0.3, 0.4) is 0 Å². The maximum atomic E-state index is 14.8. The first-order valence-electron chi connectivity index (χ1n) is 11.4. The molecule has 36 heavy (non-hydrogen) atoms. The van der Waals surface area contributed by atoms with Crippen LogP contribution in [0, 0.1) is 0 Å². The van der Waals surface area contributed by atoms with Gasteiger partial charge in [0.15, 0.2) is 0 Å². The summed E-state index contributed by atoms with van der Waals surface area (Å²) in [6.07, 6.45) is 0.380. The van der Waals surface area contributed by atoms with Gasteiger partial charge in [0, 0.05) is 37.7 Å². The van der Waals surface area contributed by atoms with Gasteiger partial charge >= 0.3 is 5.92 Å². The lowest BCUT2D eigenvalue weighted by atomic mass is 10.0. The molecule has 2 heterocycles. The highest BCUT2D eigenvalue weighted by molar-refractivity contribution is 6.05. The van der Waals surface area contributed by atoms with Crippen LogP contribution in [0.1, 0.15) is 39.9 Å². The second-order valence-electron chi connectivity index (χ2n) is 8.52. The monoisotopic (exact) mass is 501 g/mol. The van der Waals surface area contributed by atoms with Gasteiger partial charge in [0.25, 0.3) is 11.8 Å². The van der Waals surface area contributed by atoms with Crippen molar-refractivity contribution in [3.05, 3.63) is 64.7 Å². The van der Waals surface area contributed by atoms with E-state index in [0.717, 1.165) is 12.1 Å². The zero-order valence-corrected chi connectivity index (χ0v) is 19.5. The SMILES string of the molecule is COCCOc1cccc(C(F)(F)C(=O)NCc2ccc3c(c2)CN([C@@H]2CCC(=O)NC2=O)C3=O)c1. The molecule has 9 nitrogen and oxygen atoms in total. The van der Waals surface area contributed by atoms with Gasteiger partial charge in [0.1, 0.15) is 18.4 Å². The van der Waals surface area contributed by atoms with Crippen LogP contribution in [-0.4, -0.2) is 54.9 Å². The van der Waals surface area contributed by atoms with E-state index in [1.54, 1.807) is 18.2 Å². The summed E-state index contributed by atoms with van der Waals surface area (Å²) in [5.74, 6) is -6.31. The van der Waals surface area contributed by atoms with Crippen LogP contribution in [0.5, 0.6) is 5.75 Å². The Balaban J connectivity index is 1.39. The third kappa shape index (κ3) is 5.20. The van der Waals surface area contributed by atoms with Crippen LogP contribution >= 0.6 is 0 Å². The molecule has 0 bridgehead atoms. The zero-order valence-electron chi connectivity index (χ0n) is 19.5. The molecule has 0 radical (unpaired) electrons. The number of carbonyl (C=O) groups is 4. The van der Waals surface area contributed by atoms with E-state index >= 15 is 0 Å². The number of benzene rings is 2. The fourth-order valence-electron chi connectivity index (χ4n) is 4.19. The quantitative estimate of drug-likeness (QED) is 0.401. The molecule has 4 rings (SSSR count). The number of ether oxygens (including phenoxy) is 2. The first kappa shape index (κ1) is 25.2. The van der Waals surface area contributed by atoms with E-state index < -0.39 is 29.3 Å². The molecule has 2 aromatic rings. The van der Waals surface area contributed by atoms with Gasteiger partial charge in [-0.25, -0.2) is 0 Å². The van der Waals surface area contributed by atoms with Crippen LogP contribution in [0.15, 0.2) is 42.5 Å². The van der Waals surface area contributed by atoms with Gasteiger partial charge in [-0.15, -0.1) is 0 Å². The molecule has 1 fully saturated rings. The van der Waals surface area contributed by atoms with Crippen LogP contribution in [0.4, 0.5) is 8.78 Å². The molecule has 2 N–H and O–H groups in total. The number of carbonyl (C=O) groups excluding carboxylic acids is 4. The van der Waals surface area contributed by atoms with Gasteiger partial charge in [-0.05, 0) is 35.7 Å². The highest BCUT2D eigenvalue weighted by atomic mass is 19.3. The number of methoxy groups -OCH3 is 1. The Hall–Kier alpha value is -3.86. The Kier molecular flexibility index (Phi) is 7.30. The highest BCUT2D eigenvalue weighted by Crippen LogP contribution is 2.31. The molecular weight excluding hydrogens is 476 g/mol. The molecule has 0 saturated carbocycles. The Morgan fingerprint density at radius 1 is 1.17 bits per heavy atom. The van der Waals surface area contributed by atoms with Crippen molar-refractivity contribution in [2.45, 2.75) is 37.9 Å². The maximum absolute atomic E-state index is 14.8. The first-order valence-corrected chi connectivity index (χ1v) is 11.4. The molecule has 0 unspecified atom stereocenters. The van der Waals surface area contributed by atoms with E-state index in [1.165, 1.54) is 24.1 Å². The molecule has 2 aromatic carbocycles. The zero-order chi connectivity index (χ0) is 25.9. The number of hydrogen-bond donors (Lipinski definition) is 2. The number of halogens is 2. The molecule has 190 valence electrons. The number of imide groups is 1. The van der Waals surface area contributed by atoms with Crippen LogP contribution in [0.25, 0.3) is 0 Å². The molecule has 1 atom stereocenters. The molecule has 1 saturated heterocycles. The minimum atomic E-state index is -3.80. The van der Waals surface area contributed by atoms with Crippen molar-refractivity contribution in [2.75, 3.05) is 20.3 Å². The molecule has 4 amide bonds. The predicted octanol–water partition coefficient (Wildman–Crippen LogP) is 1.88. The summed E-state index contributed by atoms with van der Waals surface area (Å²) >= 11 is 0. The standard InChI is InChI=1S/C25H25F2N3O6/c1-35-9-10-36-18-4-2-3-17(12-18)25(26,27)24(34)28-13-15-5-6-19-16(11-15)14-30(23(19)33)20-7-8-21(31)29-22(20)32/h2-6,11-12,20H,7-10,13-14H2,1H3,(H,28,34)(H,29,31,32)/t20-/m1/s1. The summed E-state index contributed by atoms with van der Waals surface area (Å²) in [7, 11) is 1.49. The van der Waals surface area contributed by atoms with Crippen LogP contribution in [-0.2, 0) is 38.1 Å². The summed E-state index contributed by atoms with van der Waals surface area (Å²) in [6, 6.07) is 9.15. The summed E-state index contributed by atoms with van der Waals surface area (Å²) < 4.78 is 39.8. The Bertz CT molecular complexity index is 1200. The number of alkyl halides is 2. The van der Waals surface area contributed by atoms with Crippen molar-refractivity contribution in [3.63, 3.8) is 0 Å². The highest BCUT2D eigenvalue weighted by Gasteiger charge is 2.41. The van der Waals surface area contributed by atoms with Gasteiger partial charge in [-0.3, -0.25) is 24.5 Å². The smallest absolute Gasteiger partial charge is 0.349 e. The minimum absolute atomic E-state index is 0.143. The van der Waals surface area contributed by atoms with Gasteiger partial charge in [-0.1, -0.05) is 24.3 Å². The van der Waals surface area contributed by atoms with E-state index in [4.69, 9.17) is 9.47 Å². The Morgan fingerprint density at radius 2 is 1.97 bits per heavy atom. The van der Waals surface area contributed by atoms with Crippen molar-refractivity contribution >= 4 is 23.6 Å². The number of amides is 4. The van der Waals surface area contributed by atoms with E-state index in [1.807, 2.05) is 0 Å². The van der Waals surface area contributed by atoms with Crippen molar-refractivity contribution in [1.82, 2.24) is 15.5 Å². The lowest BCUT2D eigenvalue weighted by Crippen LogP contribution is -2.52. The lowest BCUT2D eigenvalue weighted by Gasteiger charge is -2.29. The maximum Gasteiger partial charge on any atom is 0.349 e. The Morgan fingerprint density at radius 3 is 2.72 bits per heavy atom. The average Bonchev–Trinajstić information content (AvgIpc) is 3.18. The molecule has 2 aliphatic heterocycles. The molecule has 2 aliphatic rings. The van der Waals surface area contributed by atoms with E-state index in [9.17, 15) is 28.0 Å². The normalized spacial score (nSPS) is 17.6. The fraction of sp³-hybridized carbons (Fsp3) is 0.360.